The van der Waals surface area contributed by atoms with Crippen molar-refractivity contribution in [2.45, 2.75) is 19.9 Å². The van der Waals surface area contributed by atoms with Crippen LogP contribution in [0.15, 0.2) is 66.0 Å². The third-order valence-electron chi connectivity index (χ3n) is 4.74. The zero-order chi connectivity index (χ0) is 19.9. The van der Waals surface area contributed by atoms with Gasteiger partial charge in [-0.15, -0.1) is 0 Å². The highest BCUT2D eigenvalue weighted by atomic mass is 15.2. The van der Waals surface area contributed by atoms with E-state index in [9.17, 15) is 0 Å². The van der Waals surface area contributed by atoms with Gasteiger partial charge in [0, 0.05) is 35.8 Å². The summed E-state index contributed by atoms with van der Waals surface area (Å²) in [5, 5.41) is 14.8. The summed E-state index contributed by atoms with van der Waals surface area (Å²) in [5.41, 5.74) is 4.61. The van der Waals surface area contributed by atoms with Gasteiger partial charge in [0.15, 0.2) is 11.8 Å². The molecule has 29 heavy (non-hydrogen) atoms. The van der Waals surface area contributed by atoms with Gasteiger partial charge in [-0.25, -0.2) is 9.98 Å². The van der Waals surface area contributed by atoms with Crippen LogP contribution in [0.3, 0.4) is 0 Å². The molecular formula is C22H25N7. The molecule has 4 aromatic rings. The van der Waals surface area contributed by atoms with Gasteiger partial charge in [-0.2, -0.15) is 5.10 Å². The molecule has 0 atom stereocenters. The molecule has 0 fully saturated rings. The molecule has 0 radical (unpaired) electrons. The highest BCUT2D eigenvalue weighted by molar-refractivity contribution is 5.83. The van der Waals surface area contributed by atoms with Crippen LogP contribution >= 0.6 is 0 Å². The normalized spacial score (nSPS) is 11.7. The van der Waals surface area contributed by atoms with E-state index in [1.165, 1.54) is 22.8 Å². The Kier molecular flexibility index (Phi) is 5.85. The maximum Gasteiger partial charge on any atom is 0.191 e. The molecule has 7 nitrogen and oxygen atoms in total. The molecule has 4 rings (SSSR count). The van der Waals surface area contributed by atoms with Gasteiger partial charge >= 0.3 is 0 Å². The predicted molar refractivity (Wildman–Crippen MR) is 117 cm³/mol. The molecule has 2 aromatic heterocycles. The van der Waals surface area contributed by atoms with Crippen molar-refractivity contribution in [1.82, 2.24) is 30.8 Å². The number of rotatable bonds is 7. The Hall–Kier alpha value is -3.61. The van der Waals surface area contributed by atoms with Gasteiger partial charge in [0.05, 0.1) is 6.54 Å². The van der Waals surface area contributed by atoms with Crippen LogP contribution in [0.5, 0.6) is 0 Å². The van der Waals surface area contributed by atoms with Crippen LogP contribution in [0.25, 0.3) is 22.3 Å². The minimum Gasteiger partial charge on any atom is -0.361 e. The Morgan fingerprint density at radius 2 is 2.03 bits per heavy atom. The first kappa shape index (κ1) is 18.7. The fraction of sp³-hybridized carbons (Fsp3) is 0.227. The molecule has 0 aliphatic carbocycles. The number of fused-ring (bicyclic) bond motifs is 1. The Balaban J connectivity index is 1.38. The summed E-state index contributed by atoms with van der Waals surface area (Å²) in [7, 11) is 0. The highest BCUT2D eigenvalue weighted by Gasteiger charge is 2.05. The van der Waals surface area contributed by atoms with Crippen LogP contribution in [0.2, 0.25) is 0 Å². The molecule has 0 saturated carbocycles. The van der Waals surface area contributed by atoms with Crippen LogP contribution in [0, 0.1) is 0 Å². The predicted octanol–water partition coefficient (Wildman–Crippen LogP) is 3.25. The largest absolute Gasteiger partial charge is 0.361 e. The third-order valence-corrected chi connectivity index (χ3v) is 4.74. The molecule has 0 saturated heterocycles. The molecule has 0 amide bonds. The number of aromatic amines is 2. The quantitative estimate of drug-likeness (QED) is 0.289. The lowest BCUT2D eigenvalue weighted by Crippen LogP contribution is -2.38. The van der Waals surface area contributed by atoms with Gasteiger partial charge in [-0.05, 0) is 36.6 Å². The van der Waals surface area contributed by atoms with Gasteiger partial charge in [0.1, 0.15) is 6.33 Å². The standard InChI is InChI=1S/C22H25N7/c1-2-23-22(24-11-10-18-14-25-20-9-4-3-8-19(18)20)26-13-16-6-5-7-17(12-16)21-27-15-28-29-21/h3-9,12,14-15,25H,2,10-11,13H2,1H3,(H2,23,24,26)(H,27,28,29). The van der Waals surface area contributed by atoms with Gasteiger partial charge < -0.3 is 15.6 Å². The fourth-order valence-corrected chi connectivity index (χ4v) is 3.33. The molecule has 0 unspecified atom stereocenters. The van der Waals surface area contributed by atoms with E-state index in [-0.39, 0.29) is 0 Å². The molecule has 0 aliphatic heterocycles. The van der Waals surface area contributed by atoms with Crippen molar-refractivity contribution < 1.29 is 0 Å². The van der Waals surface area contributed by atoms with Crippen molar-refractivity contribution >= 4 is 16.9 Å². The van der Waals surface area contributed by atoms with Crippen LogP contribution in [-0.4, -0.2) is 39.2 Å². The number of nitrogens with one attached hydrogen (secondary N) is 4. The highest BCUT2D eigenvalue weighted by Crippen LogP contribution is 2.18. The lowest BCUT2D eigenvalue weighted by molar-refractivity contribution is 0.801. The van der Waals surface area contributed by atoms with Gasteiger partial charge in [-0.3, -0.25) is 5.10 Å². The molecule has 148 valence electrons. The average Bonchev–Trinajstić information content (AvgIpc) is 3.43. The summed E-state index contributed by atoms with van der Waals surface area (Å²) in [5.74, 6) is 1.58. The average molecular weight is 387 g/mol. The lowest BCUT2D eigenvalue weighted by atomic mass is 10.1. The number of aromatic nitrogens is 4. The first-order valence-electron chi connectivity index (χ1n) is 9.85. The van der Waals surface area contributed by atoms with E-state index >= 15 is 0 Å². The fourth-order valence-electron chi connectivity index (χ4n) is 3.33. The molecule has 2 aromatic carbocycles. The van der Waals surface area contributed by atoms with Gasteiger partial charge in [0.2, 0.25) is 0 Å². The van der Waals surface area contributed by atoms with E-state index in [1.54, 1.807) is 0 Å². The van der Waals surface area contributed by atoms with Crippen molar-refractivity contribution in [2.24, 2.45) is 4.99 Å². The SMILES string of the molecule is CCNC(=NCc1cccc(-c2ncn[nH]2)c1)NCCc1c[nH]c2ccccc12. The summed E-state index contributed by atoms with van der Waals surface area (Å²) in [4.78, 5) is 12.3. The number of para-hydroxylation sites is 1. The maximum atomic E-state index is 4.73. The smallest absolute Gasteiger partial charge is 0.191 e. The van der Waals surface area contributed by atoms with Crippen molar-refractivity contribution in [3.8, 4) is 11.4 Å². The van der Waals surface area contributed by atoms with Crippen molar-refractivity contribution in [3.63, 3.8) is 0 Å². The Morgan fingerprint density at radius 3 is 2.90 bits per heavy atom. The topological polar surface area (TPSA) is 93.8 Å². The minimum absolute atomic E-state index is 0.588. The summed E-state index contributed by atoms with van der Waals surface area (Å²) < 4.78 is 0. The van der Waals surface area contributed by atoms with Crippen LogP contribution in [-0.2, 0) is 13.0 Å². The zero-order valence-corrected chi connectivity index (χ0v) is 16.4. The Bertz CT molecular complexity index is 1080. The molecule has 0 spiro atoms. The first-order chi connectivity index (χ1) is 14.3. The third kappa shape index (κ3) is 4.63. The van der Waals surface area contributed by atoms with E-state index in [0.29, 0.717) is 6.54 Å². The monoisotopic (exact) mass is 387 g/mol. The number of hydrogen-bond donors (Lipinski definition) is 4. The molecule has 2 heterocycles. The molecule has 7 heteroatoms. The number of guanidine groups is 1. The van der Waals surface area contributed by atoms with Crippen LogP contribution < -0.4 is 10.6 Å². The maximum absolute atomic E-state index is 4.73. The minimum atomic E-state index is 0.588. The summed E-state index contributed by atoms with van der Waals surface area (Å²) in [6.07, 6.45) is 4.53. The van der Waals surface area contributed by atoms with Crippen LogP contribution in [0.1, 0.15) is 18.1 Å². The number of benzene rings is 2. The molecule has 0 aliphatic rings. The van der Waals surface area contributed by atoms with Gasteiger partial charge in [-0.1, -0.05) is 36.4 Å². The van der Waals surface area contributed by atoms with Crippen molar-refractivity contribution in [3.05, 3.63) is 72.2 Å². The number of H-pyrrole nitrogens is 2. The number of hydrogen-bond acceptors (Lipinski definition) is 3. The first-order valence-corrected chi connectivity index (χ1v) is 9.85. The van der Waals surface area contributed by atoms with E-state index in [1.807, 2.05) is 18.2 Å². The summed E-state index contributed by atoms with van der Waals surface area (Å²) in [6.45, 7) is 4.29. The van der Waals surface area contributed by atoms with Crippen LogP contribution in [0.4, 0.5) is 0 Å². The van der Waals surface area contributed by atoms with E-state index in [0.717, 1.165) is 42.4 Å². The van der Waals surface area contributed by atoms with Gasteiger partial charge in [0.25, 0.3) is 0 Å². The van der Waals surface area contributed by atoms with E-state index in [2.05, 4.69) is 74.3 Å². The second kappa shape index (κ2) is 9.05. The van der Waals surface area contributed by atoms with Crippen molar-refractivity contribution in [1.29, 1.82) is 0 Å². The number of aliphatic imine (C=N–C) groups is 1. The second-order valence-electron chi connectivity index (χ2n) is 6.77. The molecule has 4 N–H and O–H groups in total. The number of nitrogens with zero attached hydrogens (tertiary/aromatic N) is 3. The zero-order valence-electron chi connectivity index (χ0n) is 16.4. The molecule has 0 bridgehead atoms. The van der Waals surface area contributed by atoms with E-state index in [4.69, 9.17) is 4.99 Å². The summed E-state index contributed by atoms with van der Waals surface area (Å²) in [6, 6.07) is 16.6. The molecular weight excluding hydrogens is 362 g/mol. The Morgan fingerprint density at radius 1 is 1.10 bits per heavy atom. The Labute approximate surface area is 169 Å². The summed E-state index contributed by atoms with van der Waals surface area (Å²) >= 11 is 0. The second-order valence-corrected chi connectivity index (χ2v) is 6.77. The van der Waals surface area contributed by atoms with E-state index < -0.39 is 0 Å². The lowest BCUT2D eigenvalue weighted by Gasteiger charge is -2.11. The van der Waals surface area contributed by atoms with Crippen molar-refractivity contribution in [2.75, 3.05) is 13.1 Å².